The zero-order valence-electron chi connectivity index (χ0n) is 12.7. The molecule has 4 rings (SSSR count). The van der Waals surface area contributed by atoms with Crippen LogP contribution in [0.2, 0.25) is 0 Å². The second-order valence-electron chi connectivity index (χ2n) is 5.17. The number of carbonyl (C=O) groups is 1. The van der Waals surface area contributed by atoms with Crippen LogP contribution in [-0.4, -0.2) is 32.1 Å². The van der Waals surface area contributed by atoms with Gasteiger partial charge in [0.15, 0.2) is 23.0 Å². The minimum Gasteiger partial charge on any atom is -0.486 e. The Morgan fingerprint density at radius 2 is 1.62 bits per heavy atom. The number of hydrazone groups is 1. The Morgan fingerprint density at radius 3 is 2.54 bits per heavy atom. The second-order valence-corrected chi connectivity index (χ2v) is 5.17. The maximum Gasteiger partial charge on any atom is 0.271 e. The van der Waals surface area contributed by atoms with Crippen LogP contribution >= 0.6 is 0 Å². The quantitative estimate of drug-likeness (QED) is 0.689. The zero-order chi connectivity index (χ0) is 16.4. The molecule has 2 heterocycles. The normalized spacial score (nSPS) is 14.7. The number of benzene rings is 2. The van der Waals surface area contributed by atoms with E-state index in [4.69, 9.17) is 18.9 Å². The summed E-state index contributed by atoms with van der Waals surface area (Å²) in [5.74, 6) is 2.24. The van der Waals surface area contributed by atoms with Gasteiger partial charge in [0.25, 0.3) is 5.91 Å². The molecule has 2 aromatic rings. The molecule has 0 bridgehead atoms. The molecule has 0 fully saturated rings. The lowest BCUT2D eigenvalue weighted by Gasteiger charge is -2.18. The summed E-state index contributed by atoms with van der Waals surface area (Å²) in [5, 5.41) is 3.97. The van der Waals surface area contributed by atoms with E-state index in [9.17, 15) is 4.79 Å². The van der Waals surface area contributed by atoms with Gasteiger partial charge in [0.2, 0.25) is 6.79 Å². The van der Waals surface area contributed by atoms with Gasteiger partial charge in [-0.05, 0) is 42.0 Å². The molecule has 0 radical (unpaired) electrons. The van der Waals surface area contributed by atoms with Crippen LogP contribution in [0.15, 0.2) is 41.5 Å². The summed E-state index contributed by atoms with van der Waals surface area (Å²) in [6.45, 7) is 1.24. The molecule has 24 heavy (non-hydrogen) atoms. The summed E-state index contributed by atoms with van der Waals surface area (Å²) in [6, 6.07) is 10.4. The number of carbonyl (C=O) groups excluding carboxylic acids is 1. The number of hydrogen-bond acceptors (Lipinski definition) is 6. The van der Waals surface area contributed by atoms with Crippen LogP contribution in [0, 0.1) is 0 Å². The Morgan fingerprint density at radius 1 is 0.917 bits per heavy atom. The van der Waals surface area contributed by atoms with Gasteiger partial charge >= 0.3 is 0 Å². The van der Waals surface area contributed by atoms with Crippen LogP contribution in [0.1, 0.15) is 15.9 Å². The first kappa shape index (κ1) is 14.4. The zero-order valence-corrected chi connectivity index (χ0v) is 12.7. The SMILES string of the molecule is O=C(N/N=C/c1ccc2c(c1)OCCO2)c1ccc2c(c1)OCO2. The maximum absolute atomic E-state index is 12.1. The lowest BCUT2D eigenvalue weighted by molar-refractivity contribution is 0.0954. The molecule has 0 atom stereocenters. The smallest absolute Gasteiger partial charge is 0.271 e. The first-order chi connectivity index (χ1) is 11.8. The van der Waals surface area contributed by atoms with Crippen molar-refractivity contribution in [3.05, 3.63) is 47.5 Å². The van der Waals surface area contributed by atoms with Crippen LogP contribution in [0.4, 0.5) is 0 Å². The van der Waals surface area contributed by atoms with Crippen LogP contribution in [0.3, 0.4) is 0 Å². The highest BCUT2D eigenvalue weighted by molar-refractivity contribution is 5.95. The van der Waals surface area contributed by atoms with Crippen molar-refractivity contribution in [3.63, 3.8) is 0 Å². The Kier molecular flexibility index (Phi) is 3.66. The molecule has 0 aromatic heterocycles. The summed E-state index contributed by atoms with van der Waals surface area (Å²) >= 11 is 0. The fourth-order valence-electron chi connectivity index (χ4n) is 2.41. The predicted molar refractivity (Wildman–Crippen MR) is 85.1 cm³/mol. The van der Waals surface area contributed by atoms with E-state index in [2.05, 4.69) is 10.5 Å². The molecule has 0 saturated heterocycles. The minimum absolute atomic E-state index is 0.169. The van der Waals surface area contributed by atoms with E-state index >= 15 is 0 Å². The van der Waals surface area contributed by atoms with Gasteiger partial charge < -0.3 is 18.9 Å². The highest BCUT2D eigenvalue weighted by Crippen LogP contribution is 2.32. The molecule has 2 aliphatic rings. The minimum atomic E-state index is -0.331. The van der Waals surface area contributed by atoms with Crippen molar-refractivity contribution in [3.8, 4) is 23.0 Å². The molecule has 0 spiro atoms. The summed E-state index contributed by atoms with van der Waals surface area (Å²) in [4.78, 5) is 12.1. The number of nitrogens with one attached hydrogen (secondary N) is 1. The number of rotatable bonds is 3. The molecule has 0 saturated carbocycles. The van der Waals surface area contributed by atoms with Gasteiger partial charge in [-0.3, -0.25) is 4.79 Å². The van der Waals surface area contributed by atoms with Gasteiger partial charge in [0, 0.05) is 5.56 Å². The Bertz CT molecular complexity index is 819. The Hall–Kier alpha value is -3.22. The summed E-state index contributed by atoms with van der Waals surface area (Å²) in [5.41, 5.74) is 3.72. The van der Waals surface area contributed by atoms with Crippen molar-refractivity contribution in [2.45, 2.75) is 0 Å². The van der Waals surface area contributed by atoms with Crippen molar-refractivity contribution in [2.24, 2.45) is 5.10 Å². The first-order valence-electron chi connectivity index (χ1n) is 7.42. The van der Waals surface area contributed by atoms with Crippen molar-refractivity contribution < 1.29 is 23.7 Å². The van der Waals surface area contributed by atoms with E-state index in [0.29, 0.717) is 41.8 Å². The van der Waals surface area contributed by atoms with Crippen molar-refractivity contribution in [1.29, 1.82) is 0 Å². The molecule has 7 nitrogen and oxygen atoms in total. The van der Waals surface area contributed by atoms with E-state index < -0.39 is 0 Å². The topological polar surface area (TPSA) is 78.4 Å². The molecule has 0 unspecified atom stereocenters. The van der Waals surface area contributed by atoms with E-state index in [1.165, 1.54) is 0 Å². The summed E-state index contributed by atoms with van der Waals surface area (Å²) in [7, 11) is 0. The third-order valence-corrected chi connectivity index (χ3v) is 3.58. The molecule has 1 N–H and O–H groups in total. The number of amides is 1. The Balaban J connectivity index is 1.42. The van der Waals surface area contributed by atoms with Crippen LogP contribution in [0.25, 0.3) is 0 Å². The van der Waals surface area contributed by atoms with E-state index in [-0.39, 0.29) is 12.7 Å². The van der Waals surface area contributed by atoms with Crippen LogP contribution < -0.4 is 24.4 Å². The standard InChI is InChI=1S/C17H14N2O5/c20-17(12-2-4-14-16(8-12)24-10-23-14)19-18-9-11-1-3-13-15(7-11)22-6-5-21-13/h1-4,7-9H,5-6,10H2,(H,19,20)/b18-9+. The van der Waals surface area contributed by atoms with Gasteiger partial charge in [0.1, 0.15) is 13.2 Å². The molecule has 2 aliphatic heterocycles. The monoisotopic (exact) mass is 326 g/mol. The average Bonchev–Trinajstić information content (AvgIpc) is 3.09. The molecule has 2 aromatic carbocycles. The van der Waals surface area contributed by atoms with E-state index in [0.717, 1.165) is 5.56 Å². The second kappa shape index (κ2) is 6.11. The lowest BCUT2D eigenvalue weighted by atomic mass is 10.2. The van der Waals surface area contributed by atoms with Gasteiger partial charge in [-0.1, -0.05) is 0 Å². The fraction of sp³-hybridized carbons (Fsp3) is 0.176. The highest BCUT2D eigenvalue weighted by atomic mass is 16.7. The summed E-state index contributed by atoms with van der Waals surface area (Å²) in [6.07, 6.45) is 1.54. The first-order valence-corrected chi connectivity index (χ1v) is 7.42. The number of hydrogen-bond donors (Lipinski definition) is 1. The average molecular weight is 326 g/mol. The molecular formula is C17H14N2O5. The number of nitrogens with zero attached hydrogens (tertiary/aromatic N) is 1. The fourth-order valence-corrected chi connectivity index (χ4v) is 2.41. The van der Waals surface area contributed by atoms with Crippen molar-refractivity contribution in [1.82, 2.24) is 5.43 Å². The molecule has 0 aliphatic carbocycles. The number of ether oxygens (including phenoxy) is 4. The van der Waals surface area contributed by atoms with Gasteiger partial charge in [0.05, 0.1) is 6.21 Å². The number of fused-ring (bicyclic) bond motifs is 2. The highest BCUT2D eigenvalue weighted by Gasteiger charge is 2.16. The molecule has 1 amide bonds. The third kappa shape index (κ3) is 2.83. The van der Waals surface area contributed by atoms with Gasteiger partial charge in [-0.2, -0.15) is 5.10 Å². The lowest BCUT2D eigenvalue weighted by Crippen LogP contribution is -2.17. The molecule has 122 valence electrons. The predicted octanol–water partition coefficient (Wildman–Crippen LogP) is 1.95. The van der Waals surface area contributed by atoms with E-state index in [1.807, 2.05) is 18.2 Å². The van der Waals surface area contributed by atoms with Crippen LogP contribution in [0.5, 0.6) is 23.0 Å². The molecule has 7 heteroatoms. The van der Waals surface area contributed by atoms with Gasteiger partial charge in [-0.25, -0.2) is 5.43 Å². The van der Waals surface area contributed by atoms with Crippen LogP contribution in [-0.2, 0) is 0 Å². The largest absolute Gasteiger partial charge is 0.486 e. The maximum atomic E-state index is 12.1. The van der Waals surface area contributed by atoms with E-state index in [1.54, 1.807) is 24.4 Å². The van der Waals surface area contributed by atoms with Crippen molar-refractivity contribution >= 4 is 12.1 Å². The van der Waals surface area contributed by atoms with Crippen molar-refractivity contribution in [2.75, 3.05) is 20.0 Å². The summed E-state index contributed by atoms with van der Waals surface area (Å²) < 4.78 is 21.4. The Labute approximate surface area is 137 Å². The third-order valence-electron chi connectivity index (χ3n) is 3.58. The molecular weight excluding hydrogens is 312 g/mol. The van der Waals surface area contributed by atoms with Gasteiger partial charge in [-0.15, -0.1) is 0 Å².